The second-order valence-electron chi connectivity index (χ2n) is 6.10. The number of carbonyl (C=O) groups excluding carboxylic acids is 3. The van der Waals surface area contributed by atoms with Gasteiger partial charge in [-0.15, -0.1) is 0 Å². The molecule has 0 unspecified atom stereocenters. The summed E-state index contributed by atoms with van der Waals surface area (Å²) in [5, 5.41) is 14.6. The third-order valence-corrected chi connectivity index (χ3v) is 3.82. The Labute approximate surface area is 149 Å². The number of hydrogen-bond donors (Lipinski definition) is 6. The van der Waals surface area contributed by atoms with Gasteiger partial charge >= 0.3 is 0 Å². The molecule has 0 saturated heterocycles. The van der Waals surface area contributed by atoms with Gasteiger partial charge in [0.1, 0.15) is 12.1 Å². The summed E-state index contributed by atoms with van der Waals surface area (Å²) >= 11 is 0. The van der Waals surface area contributed by atoms with Gasteiger partial charge in [0.25, 0.3) is 5.91 Å². The van der Waals surface area contributed by atoms with Gasteiger partial charge in [-0.3, -0.25) is 19.8 Å². The first-order valence-electron chi connectivity index (χ1n) is 8.85. The first kappa shape index (κ1) is 23.3. The maximum atomic E-state index is 12.3. The van der Waals surface area contributed by atoms with Crippen LogP contribution in [0, 0.1) is 0 Å². The van der Waals surface area contributed by atoms with Crippen LogP contribution in [0.25, 0.3) is 0 Å². The number of amides is 3. The number of nitrogens with one attached hydrogen (secondary N) is 3. The summed E-state index contributed by atoms with van der Waals surface area (Å²) in [5.41, 5.74) is 7.38. The first-order chi connectivity index (χ1) is 11.9. The van der Waals surface area contributed by atoms with Crippen molar-refractivity contribution in [3.05, 3.63) is 0 Å². The van der Waals surface area contributed by atoms with Crippen LogP contribution < -0.4 is 27.6 Å². The van der Waals surface area contributed by atoms with E-state index in [4.69, 9.17) is 11.6 Å². The zero-order valence-electron chi connectivity index (χ0n) is 15.2. The summed E-state index contributed by atoms with van der Waals surface area (Å²) in [6.07, 6.45) is 4.51. The average Bonchev–Trinajstić information content (AvgIpc) is 2.57. The molecule has 25 heavy (non-hydrogen) atoms. The second-order valence-corrected chi connectivity index (χ2v) is 6.10. The fourth-order valence-electron chi connectivity index (χ4n) is 2.34. The van der Waals surface area contributed by atoms with Crippen molar-refractivity contribution >= 4 is 17.7 Å². The topological polar surface area (TPSA) is 160 Å². The zero-order chi connectivity index (χ0) is 19.2. The Balaban J connectivity index is 4.56. The fraction of sp³-hybridized carbons (Fsp3) is 0.812. The van der Waals surface area contributed by atoms with Gasteiger partial charge in [-0.05, 0) is 26.3 Å². The van der Waals surface area contributed by atoms with Gasteiger partial charge in [-0.1, -0.05) is 32.6 Å². The van der Waals surface area contributed by atoms with E-state index in [2.05, 4.69) is 17.6 Å². The van der Waals surface area contributed by atoms with E-state index in [1.807, 2.05) is 5.43 Å². The largest absolute Gasteiger partial charge is 0.391 e. The Morgan fingerprint density at radius 2 is 1.68 bits per heavy atom. The molecule has 9 nitrogen and oxygen atoms in total. The molecule has 0 fully saturated rings. The highest BCUT2D eigenvalue weighted by Crippen LogP contribution is 2.05. The summed E-state index contributed by atoms with van der Waals surface area (Å²) in [7, 11) is 0. The minimum atomic E-state index is -1.20. The van der Waals surface area contributed by atoms with Crippen molar-refractivity contribution in [3.8, 4) is 0 Å². The molecule has 3 atom stereocenters. The van der Waals surface area contributed by atoms with Gasteiger partial charge in [0.2, 0.25) is 11.8 Å². The second kappa shape index (κ2) is 13.6. The number of hydrazine groups is 1. The Bertz CT molecular complexity index is 417. The average molecular weight is 359 g/mol. The molecule has 0 aliphatic rings. The van der Waals surface area contributed by atoms with Crippen LogP contribution in [0.1, 0.15) is 58.8 Å². The maximum absolute atomic E-state index is 12.3. The van der Waals surface area contributed by atoms with E-state index in [0.717, 1.165) is 32.1 Å². The van der Waals surface area contributed by atoms with Gasteiger partial charge in [0.15, 0.2) is 0 Å². The van der Waals surface area contributed by atoms with Crippen molar-refractivity contribution in [2.75, 3.05) is 6.54 Å². The molecule has 0 saturated carbocycles. The Hall–Kier alpha value is -1.71. The van der Waals surface area contributed by atoms with Gasteiger partial charge in [0, 0.05) is 6.42 Å². The van der Waals surface area contributed by atoms with Crippen LogP contribution >= 0.6 is 0 Å². The van der Waals surface area contributed by atoms with Crippen molar-refractivity contribution in [2.45, 2.75) is 77.0 Å². The van der Waals surface area contributed by atoms with E-state index in [0.29, 0.717) is 6.42 Å². The minimum absolute atomic E-state index is 0.192. The van der Waals surface area contributed by atoms with Crippen LogP contribution in [0.15, 0.2) is 0 Å². The van der Waals surface area contributed by atoms with Crippen molar-refractivity contribution in [1.29, 1.82) is 0 Å². The lowest BCUT2D eigenvalue weighted by atomic mass is 10.1. The molecule has 0 aromatic heterocycles. The van der Waals surface area contributed by atoms with E-state index < -0.39 is 30.0 Å². The predicted octanol–water partition coefficient (Wildman–Crippen LogP) is -0.964. The molecule has 0 aromatic rings. The molecule has 0 aromatic carbocycles. The smallest absolute Gasteiger partial charge is 0.259 e. The normalized spacial score (nSPS) is 14.3. The number of rotatable bonds is 13. The molecule has 0 aliphatic carbocycles. The SMILES string of the molecule is CCCCCCCC(=O)N[C@@H](CCN)C(=O)N[C@H](C(=O)NN)[C@@H](C)O. The summed E-state index contributed by atoms with van der Waals surface area (Å²) in [5.74, 6) is 3.50. The van der Waals surface area contributed by atoms with Crippen molar-refractivity contribution < 1.29 is 19.5 Å². The molecular formula is C16H33N5O4. The third kappa shape index (κ3) is 10.0. The van der Waals surface area contributed by atoms with Crippen LogP contribution in [0.2, 0.25) is 0 Å². The lowest BCUT2D eigenvalue weighted by Gasteiger charge is -2.23. The first-order valence-corrected chi connectivity index (χ1v) is 8.85. The highest BCUT2D eigenvalue weighted by atomic mass is 16.3. The summed E-state index contributed by atoms with van der Waals surface area (Å²) in [4.78, 5) is 35.9. The molecule has 0 aliphatic heterocycles. The van der Waals surface area contributed by atoms with Crippen molar-refractivity contribution in [1.82, 2.24) is 16.1 Å². The lowest BCUT2D eigenvalue weighted by Crippen LogP contribution is -2.58. The number of aliphatic hydroxyl groups excluding tert-OH is 1. The van der Waals surface area contributed by atoms with Crippen LogP contribution in [-0.2, 0) is 14.4 Å². The predicted molar refractivity (Wildman–Crippen MR) is 94.9 cm³/mol. The molecular weight excluding hydrogens is 326 g/mol. The monoisotopic (exact) mass is 359 g/mol. The summed E-state index contributed by atoms with van der Waals surface area (Å²) < 4.78 is 0. The molecule has 0 heterocycles. The Kier molecular flexibility index (Phi) is 12.6. The zero-order valence-corrected chi connectivity index (χ0v) is 15.2. The molecule has 0 spiro atoms. The number of carbonyl (C=O) groups is 3. The molecule has 9 heteroatoms. The third-order valence-electron chi connectivity index (χ3n) is 3.82. The number of aliphatic hydroxyl groups is 1. The molecule has 8 N–H and O–H groups in total. The molecule has 0 rings (SSSR count). The maximum Gasteiger partial charge on any atom is 0.259 e. The van der Waals surface area contributed by atoms with Crippen LogP contribution in [0.4, 0.5) is 0 Å². The highest BCUT2D eigenvalue weighted by molar-refractivity contribution is 5.92. The lowest BCUT2D eigenvalue weighted by molar-refractivity contribution is -0.134. The van der Waals surface area contributed by atoms with E-state index >= 15 is 0 Å². The Morgan fingerprint density at radius 3 is 2.20 bits per heavy atom. The van der Waals surface area contributed by atoms with Gasteiger partial charge in [0.05, 0.1) is 6.10 Å². The highest BCUT2D eigenvalue weighted by Gasteiger charge is 2.28. The molecule has 0 radical (unpaired) electrons. The number of unbranched alkanes of at least 4 members (excludes halogenated alkanes) is 4. The minimum Gasteiger partial charge on any atom is -0.391 e. The summed E-state index contributed by atoms with van der Waals surface area (Å²) in [6, 6.07) is -2.07. The Morgan fingerprint density at radius 1 is 1.04 bits per heavy atom. The molecule has 0 bridgehead atoms. The van der Waals surface area contributed by atoms with E-state index in [9.17, 15) is 19.5 Å². The van der Waals surface area contributed by atoms with E-state index in [-0.39, 0.29) is 18.9 Å². The molecule has 3 amide bonds. The van der Waals surface area contributed by atoms with Gasteiger partial charge < -0.3 is 21.5 Å². The standard InChI is InChI=1S/C16H33N5O4/c1-3-4-5-6-7-8-13(23)19-12(9-10-17)15(24)20-14(11(2)22)16(25)21-18/h11-12,14,22H,3-10,17-18H2,1-2H3,(H,19,23)(H,20,24)(H,21,25)/t11-,12+,14+/m1/s1. The van der Waals surface area contributed by atoms with Crippen molar-refractivity contribution in [3.63, 3.8) is 0 Å². The summed E-state index contributed by atoms with van der Waals surface area (Å²) in [6.45, 7) is 3.67. The van der Waals surface area contributed by atoms with Crippen LogP contribution in [0.5, 0.6) is 0 Å². The van der Waals surface area contributed by atoms with Crippen LogP contribution in [-0.4, -0.2) is 47.6 Å². The van der Waals surface area contributed by atoms with Crippen molar-refractivity contribution in [2.24, 2.45) is 11.6 Å². The van der Waals surface area contributed by atoms with E-state index in [1.165, 1.54) is 6.92 Å². The molecule has 146 valence electrons. The van der Waals surface area contributed by atoms with Crippen LogP contribution in [0.3, 0.4) is 0 Å². The fourth-order valence-corrected chi connectivity index (χ4v) is 2.34. The van der Waals surface area contributed by atoms with E-state index in [1.54, 1.807) is 0 Å². The quantitative estimate of drug-likeness (QED) is 0.107. The van der Waals surface area contributed by atoms with Gasteiger partial charge in [-0.25, -0.2) is 5.84 Å². The number of nitrogens with two attached hydrogens (primary N) is 2. The number of hydrogen-bond acceptors (Lipinski definition) is 6. The van der Waals surface area contributed by atoms with Gasteiger partial charge in [-0.2, -0.15) is 0 Å².